The molecule has 24 heteroatoms. The van der Waals surface area contributed by atoms with E-state index in [1.54, 1.807) is 49.4 Å². The van der Waals surface area contributed by atoms with Crippen LogP contribution in [-0.4, -0.2) is 98.4 Å². The maximum Gasteiger partial charge on any atom is 0.295 e. The lowest BCUT2D eigenvalue weighted by atomic mass is 9.85. The summed E-state index contributed by atoms with van der Waals surface area (Å²) in [5, 5.41) is 0.407. The average molecular weight is 1720 g/mol. The van der Waals surface area contributed by atoms with E-state index in [1.165, 1.54) is 72.8 Å². The topological polar surface area (TPSA) is 275 Å². The van der Waals surface area contributed by atoms with E-state index in [4.69, 9.17) is 19.9 Å². The second-order valence-electron chi connectivity index (χ2n) is 32.4. The maximum atomic E-state index is 15.7. The number of anilines is 4. The fraction of sp³-hybridized carbons (Fsp3) is 0.00935. The fourth-order valence-electron chi connectivity index (χ4n) is 19.1. The highest BCUT2D eigenvalue weighted by Gasteiger charge is 2.45. The summed E-state index contributed by atoms with van der Waals surface area (Å²) in [4.78, 5) is 147. The summed E-state index contributed by atoms with van der Waals surface area (Å²) in [6.45, 7) is 1.71. The number of fused-ring (bicyclic) bond motifs is 4. The molecule has 4 aliphatic rings. The van der Waals surface area contributed by atoms with Gasteiger partial charge in [0.2, 0.25) is 0 Å². The smallest absolute Gasteiger partial charge is 0.292 e. The van der Waals surface area contributed by atoms with Crippen LogP contribution in [0.15, 0.2) is 345 Å². The molecule has 0 bridgehead atoms. The highest BCUT2D eigenvalue weighted by atomic mass is 32.2. The van der Waals surface area contributed by atoms with E-state index in [0.717, 1.165) is 70.0 Å². The molecule has 23 nitrogen and oxygen atoms in total. The molecule has 0 spiro atoms. The number of imidazole rings is 4. The number of aryl methyl sites for hydroxylation is 1. The number of nitrogens with zero attached hydrogens (tertiary/aromatic N) is 12. The number of hydrogen-bond donors (Lipinski definition) is 1. The van der Waals surface area contributed by atoms with Gasteiger partial charge in [-0.2, -0.15) is 8.42 Å². The molecule has 0 radical (unpaired) electrons. The lowest BCUT2D eigenvalue weighted by Crippen LogP contribution is -2.43. The monoisotopic (exact) mass is 1720 g/mol. The molecule has 0 aliphatic carbocycles. The molecule has 4 aromatic heterocycles. The van der Waals surface area contributed by atoms with Gasteiger partial charge in [-0.05, 0) is 181 Å². The summed E-state index contributed by atoms with van der Waals surface area (Å²) in [5.74, 6) is -3.77. The fourth-order valence-corrected chi connectivity index (χ4v) is 19.8. The van der Waals surface area contributed by atoms with Crippen LogP contribution in [0.3, 0.4) is 0 Å². The second kappa shape index (κ2) is 29.1. The quantitative estimate of drug-likeness (QED) is 0.0567. The van der Waals surface area contributed by atoms with Crippen LogP contribution >= 0.6 is 0 Å². The summed E-state index contributed by atoms with van der Waals surface area (Å²) in [5.41, 5.74) is 12.7. The van der Waals surface area contributed by atoms with E-state index in [2.05, 4.69) is 0 Å². The largest absolute Gasteiger partial charge is 0.295 e. The summed E-state index contributed by atoms with van der Waals surface area (Å²) >= 11 is 0. The molecule has 20 aromatic rings. The molecule has 8 amide bonds. The summed E-state index contributed by atoms with van der Waals surface area (Å²) < 4.78 is 46.2. The third-order valence-electron chi connectivity index (χ3n) is 25.0. The van der Waals surface area contributed by atoms with Gasteiger partial charge in [-0.3, -0.25) is 61.2 Å². The van der Waals surface area contributed by atoms with Gasteiger partial charge < -0.3 is 0 Å². The van der Waals surface area contributed by atoms with Crippen LogP contribution in [0, 0.1) is 6.92 Å². The van der Waals surface area contributed by atoms with Gasteiger partial charge in [-0.15, -0.1) is 0 Å². The molecule has 0 atom stereocenters. The number of para-hydroxylation sites is 8. The van der Waals surface area contributed by atoms with E-state index < -0.39 is 62.3 Å². The normalized spacial score (nSPS) is 13.8. The number of amides is 8. The van der Waals surface area contributed by atoms with Gasteiger partial charge in [0, 0.05) is 88.3 Å². The van der Waals surface area contributed by atoms with E-state index in [-0.39, 0.29) is 94.4 Å². The van der Waals surface area contributed by atoms with Gasteiger partial charge in [0.25, 0.3) is 57.4 Å². The third-order valence-corrected chi connectivity index (χ3v) is 25.9. The van der Waals surface area contributed by atoms with Crippen molar-refractivity contribution in [3.05, 3.63) is 401 Å². The van der Waals surface area contributed by atoms with Gasteiger partial charge in [0.1, 0.15) is 28.2 Å². The molecular weight excluding hydrogens is 1660 g/mol. The first kappa shape index (κ1) is 76.8. The van der Waals surface area contributed by atoms with E-state index >= 15 is 38.4 Å². The molecule has 0 unspecified atom stereocenters. The van der Waals surface area contributed by atoms with Crippen molar-refractivity contribution in [1.29, 1.82) is 0 Å². The van der Waals surface area contributed by atoms with Gasteiger partial charge >= 0.3 is 0 Å². The Morgan fingerprint density at radius 3 is 0.740 bits per heavy atom. The summed E-state index contributed by atoms with van der Waals surface area (Å²) in [6, 6.07) is 101. The van der Waals surface area contributed by atoms with Crippen molar-refractivity contribution in [3.8, 4) is 68.3 Å². The minimum absolute atomic E-state index is 0.0211. The molecule has 0 fully saturated rings. The third kappa shape index (κ3) is 11.8. The summed E-state index contributed by atoms with van der Waals surface area (Å²) in [7, 11) is -5.14. The van der Waals surface area contributed by atoms with Gasteiger partial charge in [0.05, 0.1) is 89.6 Å². The Morgan fingerprint density at radius 1 is 0.244 bits per heavy atom. The minimum atomic E-state index is -5.14. The van der Waals surface area contributed by atoms with Crippen LogP contribution in [-0.2, 0) is 10.1 Å². The average Bonchev–Trinajstić information content (AvgIpc) is 1.49. The number of rotatable bonds is 15. The Morgan fingerprint density at radius 2 is 0.473 bits per heavy atom. The molecule has 4 aliphatic heterocycles. The molecule has 131 heavy (non-hydrogen) atoms. The van der Waals surface area contributed by atoms with Gasteiger partial charge in [0.15, 0.2) is 0 Å². The predicted octanol–water partition coefficient (Wildman–Crippen LogP) is 20.9. The van der Waals surface area contributed by atoms with Crippen LogP contribution in [0.4, 0.5) is 22.7 Å². The lowest BCUT2D eigenvalue weighted by Gasteiger charge is -2.32. The summed E-state index contributed by atoms with van der Waals surface area (Å²) in [6.07, 6.45) is 2.96. The van der Waals surface area contributed by atoms with Crippen molar-refractivity contribution in [1.82, 2.24) is 38.2 Å². The highest BCUT2D eigenvalue weighted by molar-refractivity contribution is 7.86. The molecule has 1 N–H and O–H groups in total. The van der Waals surface area contributed by atoms with Crippen LogP contribution in [0.1, 0.15) is 99.6 Å². The number of aromatic nitrogens is 8. The second-order valence-corrected chi connectivity index (χ2v) is 33.8. The van der Waals surface area contributed by atoms with Crippen molar-refractivity contribution in [2.45, 2.75) is 11.8 Å². The van der Waals surface area contributed by atoms with E-state index in [1.807, 2.05) is 249 Å². The zero-order valence-corrected chi connectivity index (χ0v) is 69.6. The Balaban J connectivity index is 0.529. The number of hydrogen-bond acceptors (Lipinski definition) is 14. The van der Waals surface area contributed by atoms with E-state index in [0.29, 0.717) is 79.2 Å². The number of imide groups is 4. The first-order valence-electron chi connectivity index (χ1n) is 42.0. The molecule has 8 heterocycles. The highest BCUT2D eigenvalue weighted by Crippen LogP contribution is 2.47. The Hall–Kier alpha value is -17.9. The molecule has 0 saturated heterocycles. The van der Waals surface area contributed by atoms with Crippen molar-refractivity contribution < 1.29 is 51.3 Å². The van der Waals surface area contributed by atoms with Crippen LogP contribution < -0.4 is 19.6 Å². The van der Waals surface area contributed by atoms with Crippen molar-refractivity contribution in [3.63, 3.8) is 0 Å². The van der Waals surface area contributed by atoms with Crippen molar-refractivity contribution in [2.75, 3.05) is 19.6 Å². The number of carbonyl (C=O) groups excluding carboxylic acids is 8. The predicted molar refractivity (Wildman–Crippen MR) is 502 cm³/mol. The maximum absolute atomic E-state index is 15.7. The zero-order valence-electron chi connectivity index (χ0n) is 68.8. The van der Waals surface area contributed by atoms with E-state index in [9.17, 15) is 13.0 Å². The molecule has 622 valence electrons. The first-order valence-corrected chi connectivity index (χ1v) is 43.4. The van der Waals surface area contributed by atoms with Gasteiger partial charge in [-0.25, -0.2) is 39.5 Å². The van der Waals surface area contributed by atoms with Crippen LogP contribution in [0.25, 0.3) is 146 Å². The Bertz CT molecular complexity index is 8330. The van der Waals surface area contributed by atoms with Crippen LogP contribution in [0.2, 0.25) is 0 Å². The lowest BCUT2D eigenvalue weighted by molar-refractivity contribution is 0.0873. The molecule has 16 aromatic carbocycles. The molecular formula is C107H62N12O11S. The molecule has 24 rings (SSSR count). The van der Waals surface area contributed by atoms with Crippen LogP contribution in [0.5, 0.6) is 0 Å². The van der Waals surface area contributed by atoms with Gasteiger partial charge in [-0.1, -0.05) is 194 Å². The Kier molecular flexibility index (Phi) is 17.1. The standard InChI is InChI=1S/C107H62N12O11S/c1-60-52-67(116-100(120)75-44-48-79-94-80(49-45-76(92(75)94)101(116)121)105(125)118(104(79)124)73-55-69(112-87-34-18-14-30-83(87)108-96(112)63-22-6-2-7-23-63)53-70(56-73)113-88-35-19-15-31-84(88)109-97(113)64-24-8-3-9-25-64)42-40-61(60)38-39-62-41-43-68(59-91(62)131(128,129)130)117-102(122)77-46-50-81-95-82(51-47-78(93(77)95)103(117)123)107(127)119(106(81)126)74-57-71(114-89-36-20-16-32-85(89)110-98(114)65-26-10-4-11-27-65)54-72(58-74)115-90-37-21-17-33-86(90)111-99(115)66-28-12-5-13-29-66/h2-59H,1H3,(H,128,129,130)/b39-38+. The SMILES string of the molecule is Cc1cc(N2C(=O)c3ccc4c5c(ccc(c35)C2=O)C(=O)N(c2cc(-n3c(-c5ccccc5)nc5ccccc53)cc(-n3c(-c5ccccc5)nc5ccccc53)c2)C4=O)ccc1/C=C/c1ccc(N2C(=O)c3ccc4c5c(ccc(c35)C2=O)C(=O)N(c2cc(-n3c(-c5ccccc5)nc5ccccc53)cc(-n3c(-c5ccccc5)nc5ccccc53)c2)C4=O)cc1S(=O)(=O)O. The molecule has 0 saturated carbocycles. The first-order chi connectivity index (χ1) is 63.9. The van der Waals surface area contributed by atoms with Crippen molar-refractivity contribution >= 4 is 158 Å². The zero-order chi connectivity index (χ0) is 88.7. The minimum Gasteiger partial charge on any atom is -0.292 e. The number of benzene rings is 16. The van der Waals surface area contributed by atoms with Crippen molar-refractivity contribution in [2.24, 2.45) is 0 Å². The Labute approximate surface area is 743 Å². The number of carbonyl (C=O) groups is 8.